The predicted molar refractivity (Wildman–Crippen MR) is 114 cm³/mol. The van der Waals surface area contributed by atoms with Gasteiger partial charge in [-0.3, -0.25) is 14.7 Å². The molecule has 0 radical (unpaired) electrons. The molecule has 1 saturated heterocycles. The maximum Gasteiger partial charge on any atom is 0.224 e. The van der Waals surface area contributed by atoms with Gasteiger partial charge in [0.2, 0.25) is 5.91 Å². The molecule has 6 nitrogen and oxygen atoms in total. The monoisotopic (exact) mass is 392 g/mol. The maximum atomic E-state index is 12.9. The van der Waals surface area contributed by atoms with Crippen LogP contribution in [0.4, 0.5) is 0 Å². The van der Waals surface area contributed by atoms with Gasteiger partial charge in [0.25, 0.3) is 0 Å². The number of ether oxygens (including phenoxy) is 1. The van der Waals surface area contributed by atoms with E-state index in [4.69, 9.17) is 4.74 Å². The van der Waals surface area contributed by atoms with E-state index in [2.05, 4.69) is 39.6 Å². The quantitative estimate of drug-likeness (QED) is 0.647. The third-order valence-corrected chi connectivity index (χ3v) is 5.72. The second-order valence-corrected chi connectivity index (χ2v) is 7.72. The number of benzene rings is 1. The van der Waals surface area contributed by atoms with Gasteiger partial charge in [0.05, 0.1) is 18.8 Å². The highest BCUT2D eigenvalue weighted by Gasteiger charge is 2.27. The number of carbonyl (C=O) groups excluding carboxylic acids is 1. The summed E-state index contributed by atoms with van der Waals surface area (Å²) in [5.74, 6) is 1.11. The van der Waals surface area contributed by atoms with Crippen LogP contribution in [0, 0.1) is 0 Å². The molecule has 0 N–H and O–H groups in total. The summed E-state index contributed by atoms with van der Waals surface area (Å²) in [5.41, 5.74) is 2.32. The number of carbonyl (C=O) groups is 1. The molecule has 1 aliphatic rings. The number of pyridine rings is 1. The van der Waals surface area contributed by atoms with Gasteiger partial charge in [0, 0.05) is 63.0 Å². The number of hydrogen-bond acceptors (Lipinski definition) is 4. The lowest BCUT2D eigenvalue weighted by Gasteiger charge is -2.40. The van der Waals surface area contributed by atoms with Crippen LogP contribution in [0.1, 0.15) is 18.9 Å². The van der Waals surface area contributed by atoms with Crippen LogP contribution in [0.3, 0.4) is 0 Å². The minimum atomic E-state index is 0.213. The molecule has 152 valence electrons. The predicted octanol–water partition coefficient (Wildman–Crippen LogP) is 3.17. The highest BCUT2D eigenvalue weighted by atomic mass is 16.5. The molecular formula is C23H28N4O2. The topological polar surface area (TPSA) is 50.6 Å². The first-order valence-corrected chi connectivity index (χ1v) is 10.2. The zero-order chi connectivity index (χ0) is 20.2. The minimum Gasteiger partial charge on any atom is -0.497 e. The van der Waals surface area contributed by atoms with Crippen molar-refractivity contribution in [3.63, 3.8) is 0 Å². The third-order valence-electron chi connectivity index (χ3n) is 5.72. The summed E-state index contributed by atoms with van der Waals surface area (Å²) >= 11 is 0. The molecule has 29 heavy (non-hydrogen) atoms. The summed E-state index contributed by atoms with van der Waals surface area (Å²) in [6, 6.07) is 12.5. The van der Waals surface area contributed by atoms with Crippen LogP contribution >= 0.6 is 0 Å². The zero-order valence-corrected chi connectivity index (χ0v) is 17.1. The molecule has 1 atom stereocenters. The van der Waals surface area contributed by atoms with E-state index in [9.17, 15) is 4.79 Å². The number of methoxy groups -OCH3 is 1. The van der Waals surface area contributed by atoms with Gasteiger partial charge in [-0.25, -0.2) is 0 Å². The lowest BCUT2D eigenvalue weighted by atomic mass is 10.1. The van der Waals surface area contributed by atoms with Crippen molar-refractivity contribution in [2.24, 2.45) is 0 Å². The fourth-order valence-electron chi connectivity index (χ4n) is 4.16. The largest absolute Gasteiger partial charge is 0.497 e. The number of fused-ring (bicyclic) bond motifs is 1. The first-order valence-electron chi connectivity index (χ1n) is 10.2. The Morgan fingerprint density at radius 2 is 2.14 bits per heavy atom. The average Bonchev–Trinajstić information content (AvgIpc) is 3.15. The fourth-order valence-corrected chi connectivity index (χ4v) is 4.16. The lowest BCUT2D eigenvalue weighted by molar-refractivity contribution is -0.136. The average molecular weight is 393 g/mol. The summed E-state index contributed by atoms with van der Waals surface area (Å²) in [6.07, 6.45) is 6.21. The number of aromatic nitrogens is 2. The Hall–Kier alpha value is -2.86. The SMILES string of the molecule is COc1cccc(CN2CCN(C(=O)CCn3ccc4ccncc43)[C@@H](C)C2)c1. The van der Waals surface area contributed by atoms with Crippen LogP contribution < -0.4 is 4.74 Å². The number of amides is 1. The Morgan fingerprint density at radius 1 is 1.24 bits per heavy atom. The second kappa shape index (κ2) is 8.66. The molecule has 6 heteroatoms. The van der Waals surface area contributed by atoms with Gasteiger partial charge in [0.1, 0.15) is 5.75 Å². The van der Waals surface area contributed by atoms with Crippen molar-refractivity contribution < 1.29 is 9.53 Å². The highest BCUT2D eigenvalue weighted by molar-refractivity contribution is 5.80. The van der Waals surface area contributed by atoms with Crippen LogP contribution in [0.2, 0.25) is 0 Å². The summed E-state index contributed by atoms with van der Waals surface area (Å²) in [6.45, 7) is 6.27. The first-order chi connectivity index (χ1) is 14.1. The number of piperazine rings is 1. The van der Waals surface area contributed by atoms with Gasteiger partial charge >= 0.3 is 0 Å². The molecular weight excluding hydrogens is 364 g/mol. The molecule has 3 heterocycles. The van der Waals surface area contributed by atoms with E-state index in [1.165, 1.54) is 5.56 Å². The molecule has 1 amide bonds. The van der Waals surface area contributed by atoms with Crippen molar-refractivity contribution in [3.05, 3.63) is 60.6 Å². The molecule has 1 aliphatic heterocycles. The van der Waals surface area contributed by atoms with E-state index >= 15 is 0 Å². The number of hydrogen-bond donors (Lipinski definition) is 0. The van der Waals surface area contributed by atoms with E-state index in [1.807, 2.05) is 35.5 Å². The molecule has 1 fully saturated rings. The zero-order valence-electron chi connectivity index (χ0n) is 17.1. The van der Waals surface area contributed by atoms with E-state index in [0.717, 1.165) is 42.8 Å². The Bertz CT molecular complexity index is 984. The van der Waals surface area contributed by atoms with Crippen molar-refractivity contribution in [2.75, 3.05) is 26.7 Å². The Kier molecular flexibility index (Phi) is 5.81. The molecule has 0 aliphatic carbocycles. The Labute approximate surface area is 171 Å². The summed E-state index contributed by atoms with van der Waals surface area (Å²) in [5, 5.41) is 1.16. The smallest absolute Gasteiger partial charge is 0.224 e. The first kappa shape index (κ1) is 19.5. The van der Waals surface area contributed by atoms with Gasteiger partial charge < -0.3 is 14.2 Å². The van der Waals surface area contributed by atoms with Crippen molar-refractivity contribution >= 4 is 16.8 Å². The van der Waals surface area contributed by atoms with Crippen molar-refractivity contribution in [1.29, 1.82) is 0 Å². The van der Waals surface area contributed by atoms with E-state index < -0.39 is 0 Å². The molecule has 0 saturated carbocycles. The number of aryl methyl sites for hydroxylation is 1. The summed E-state index contributed by atoms with van der Waals surface area (Å²) in [7, 11) is 1.69. The Balaban J connectivity index is 1.31. The summed E-state index contributed by atoms with van der Waals surface area (Å²) in [4.78, 5) is 21.5. The van der Waals surface area contributed by atoms with E-state index in [0.29, 0.717) is 13.0 Å². The van der Waals surface area contributed by atoms with Crippen LogP contribution in [-0.2, 0) is 17.9 Å². The molecule has 4 rings (SSSR count). The number of rotatable bonds is 6. The van der Waals surface area contributed by atoms with Crippen LogP contribution in [0.5, 0.6) is 5.75 Å². The standard InChI is InChI=1S/C23H28N4O2/c1-18-16-25(17-19-4-3-5-21(14-19)29-2)12-13-27(18)23(28)8-11-26-10-7-20-6-9-24-15-22(20)26/h3-7,9-10,14-15,18H,8,11-13,16-17H2,1-2H3/t18-/m0/s1. The Morgan fingerprint density at radius 3 is 2.97 bits per heavy atom. The molecule has 3 aromatic rings. The minimum absolute atomic E-state index is 0.213. The molecule has 0 unspecified atom stereocenters. The fraction of sp³-hybridized carbons (Fsp3) is 0.391. The van der Waals surface area contributed by atoms with Gasteiger partial charge in [-0.05, 0) is 36.8 Å². The maximum absolute atomic E-state index is 12.9. The second-order valence-electron chi connectivity index (χ2n) is 7.72. The third kappa shape index (κ3) is 4.43. The van der Waals surface area contributed by atoms with Crippen molar-refractivity contribution in [3.8, 4) is 5.75 Å². The van der Waals surface area contributed by atoms with Gasteiger partial charge in [-0.2, -0.15) is 0 Å². The number of nitrogens with zero attached hydrogens (tertiary/aromatic N) is 4. The van der Waals surface area contributed by atoms with Crippen molar-refractivity contribution in [1.82, 2.24) is 19.4 Å². The van der Waals surface area contributed by atoms with Gasteiger partial charge in [0.15, 0.2) is 0 Å². The molecule has 1 aromatic carbocycles. The van der Waals surface area contributed by atoms with E-state index in [1.54, 1.807) is 13.3 Å². The van der Waals surface area contributed by atoms with E-state index in [-0.39, 0.29) is 11.9 Å². The molecule has 0 bridgehead atoms. The summed E-state index contributed by atoms with van der Waals surface area (Å²) < 4.78 is 7.44. The van der Waals surface area contributed by atoms with Crippen LogP contribution in [0.25, 0.3) is 10.9 Å². The van der Waals surface area contributed by atoms with Gasteiger partial charge in [-0.15, -0.1) is 0 Å². The normalized spacial score (nSPS) is 17.6. The molecule has 0 spiro atoms. The van der Waals surface area contributed by atoms with Crippen LogP contribution in [-0.4, -0.2) is 58.0 Å². The van der Waals surface area contributed by atoms with Gasteiger partial charge in [-0.1, -0.05) is 12.1 Å². The highest BCUT2D eigenvalue weighted by Crippen LogP contribution is 2.19. The van der Waals surface area contributed by atoms with Crippen molar-refractivity contribution in [2.45, 2.75) is 32.5 Å². The van der Waals surface area contributed by atoms with Crippen LogP contribution in [0.15, 0.2) is 55.0 Å². The lowest BCUT2D eigenvalue weighted by Crippen LogP contribution is -2.53. The molecule has 2 aromatic heterocycles.